The number of anilines is 1. The van der Waals surface area contributed by atoms with Crippen LogP contribution in [0.25, 0.3) is 0 Å². The molecule has 0 aliphatic heterocycles. The van der Waals surface area contributed by atoms with Crippen molar-refractivity contribution in [3.05, 3.63) is 27.2 Å². The van der Waals surface area contributed by atoms with Crippen LogP contribution in [0.3, 0.4) is 0 Å². The average molecular weight is 346 g/mol. The number of halogens is 3. The Morgan fingerprint density at radius 2 is 1.62 bits per heavy atom. The molecule has 1 aromatic carbocycles. The molecule has 1 aliphatic rings. The fraction of sp³-hybridized carbons (Fsp3) is 0.467. The molecule has 0 unspecified atom stereocenters. The molecule has 1 saturated carbocycles. The Labute approximate surface area is 139 Å². The average Bonchev–Trinajstić information content (AvgIpc) is 2.68. The molecule has 1 fully saturated rings. The lowest BCUT2D eigenvalue weighted by molar-refractivity contribution is -0.123. The molecule has 112 valence electrons. The van der Waals surface area contributed by atoms with E-state index in [1.807, 2.05) is 0 Å². The molecule has 0 heterocycles. The molecule has 0 aromatic heterocycles. The summed E-state index contributed by atoms with van der Waals surface area (Å²) in [5.41, 5.74) is -0.686. The second kappa shape index (κ2) is 6.87. The number of carbonyl (C=O) groups is 1. The van der Waals surface area contributed by atoms with Gasteiger partial charge in [0.05, 0.1) is 21.8 Å². The van der Waals surface area contributed by atoms with Gasteiger partial charge in [-0.15, -0.1) is 0 Å². The Kier molecular flexibility index (Phi) is 5.37. The quantitative estimate of drug-likeness (QED) is 0.725. The van der Waals surface area contributed by atoms with Gasteiger partial charge in [0.15, 0.2) is 0 Å². The zero-order valence-corrected chi connectivity index (χ0v) is 13.7. The number of nitrogens with one attached hydrogen (secondary N) is 1. The highest BCUT2D eigenvalue weighted by atomic mass is 35.5. The third-order valence-corrected chi connectivity index (χ3v) is 4.67. The SMILES string of the molecule is N#CC1(C(=O)Nc2c(Cl)cc(Cl)cc2Cl)CCCCCC1. The van der Waals surface area contributed by atoms with Gasteiger partial charge in [-0.1, -0.05) is 60.5 Å². The van der Waals surface area contributed by atoms with E-state index in [-0.39, 0.29) is 16.0 Å². The van der Waals surface area contributed by atoms with E-state index in [1.165, 1.54) is 12.1 Å². The summed E-state index contributed by atoms with van der Waals surface area (Å²) in [5.74, 6) is -0.335. The van der Waals surface area contributed by atoms with Crippen molar-refractivity contribution in [2.75, 3.05) is 5.32 Å². The largest absolute Gasteiger partial charge is 0.322 e. The van der Waals surface area contributed by atoms with Crippen molar-refractivity contribution >= 4 is 46.4 Å². The van der Waals surface area contributed by atoms with Crippen LogP contribution < -0.4 is 5.32 Å². The fourth-order valence-corrected chi connectivity index (χ4v) is 3.53. The molecule has 1 aliphatic carbocycles. The van der Waals surface area contributed by atoms with E-state index in [9.17, 15) is 10.1 Å². The van der Waals surface area contributed by atoms with Crippen molar-refractivity contribution in [3.63, 3.8) is 0 Å². The van der Waals surface area contributed by atoms with Gasteiger partial charge in [0.25, 0.3) is 0 Å². The van der Waals surface area contributed by atoms with E-state index in [0.717, 1.165) is 25.7 Å². The number of amides is 1. The number of nitriles is 1. The zero-order chi connectivity index (χ0) is 15.5. The molecule has 1 N–H and O–H groups in total. The third kappa shape index (κ3) is 3.63. The Morgan fingerprint density at radius 3 is 2.10 bits per heavy atom. The summed E-state index contributed by atoms with van der Waals surface area (Å²) < 4.78 is 0. The van der Waals surface area contributed by atoms with Crippen LogP contribution in [0.2, 0.25) is 15.1 Å². The Hall–Kier alpha value is -0.950. The van der Waals surface area contributed by atoms with Gasteiger partial charge in [-0.05, 0) is 25.0 Å². The molecule has 0 radical (unpaired) electrons. The van der Waals surface area contributed by atoms with E-state index in [0.29, 0.717) is 23.6 Å². The van der Waals surface area contributed by atoms with Crippen LogP contribution in [0.5, 0.6) is 0 Å². The Balaban J connectivity index is 2.26. The van der Waals surface area contributed by atoms with Crippen molar-refractivity contribution in [2.24, 2.45) is 5.41 Å². The maximum atomic E-state index is 12.6. The van der Waals surface area contributed by atoms with Gasteiger partial charge in [-0.3, -0.25) is 4.79 Å². The minimum absolute atomic E-state index is 0.266. The summed E-state index contributed by atoms with van der Waals surface area (Å²) in [6.45, 7) is 0. The number of rotatable bonds is 2. The highest BCUT2D eigenvalue weighted by Crippen LogP contribution is 2.38. The summed E-state index contributed by atoms with van der Waals surface area (Å²) in [4.78, 5) is 12.6. The summed E-state index contributed by atoms with van der Waals surface area (Å²) in [5, 5.41) is 13.1. The second-order valence-corrected chi connectivity index (χ2v) is 6.56. The van der Waals surface area contributed by atoms with E-state index in [4.69, 9.17) is 34.8 Å². The molecule has 1 aromatic rings. The van der Waals surface area contributed by atoms with Crippen LogP contribution >= 0.6 is 34.8 Å². The van der Waals surface area contributed by atoms with Gasteiger partial charge in [-0.25, -0.2) is 0 Å². The highest BCUT2D eigenvalue weighted by molar-refractivity contribution is 6.42. The van der Waals surface area contributed by atoms with Crippen LogP contribution in [-0.4, -0.2) is 5.91 Å². The van der Waals surface area contributed by atoms with E-state index >= 15 is 0 Å². The second-order valence-electron chi connectivity index (χ2n) is 5.31. The van der Waals surface area contributed by atoms with Crippen LogP contribution in [-0.2, 0) is 4.79 Å². The summed E-state index contributed by atoms with van der Waals surface area (Å²) in [6.07, 6.45) is 5.00. The first kappa shape index (κ1) is 16.4. The van der Waals surface area contributed by atoms with Crippen molar-refractivity contribution in [1.29, 1.82) is 5.26 Å². The first-order valence-corrected chi connectivity index (χ1v) is 7.99. The lowest BCUT2D eigenvalue weighted by Gasteiger charge is -2.24. The number of nitrogens with zero attached hydrogens (tertiary/aromatic N) is 1. The predicted molar refractivity (Wildman–Crippen MR) is 85.8 cm³/mol. The van der Waals surface area contributed by atoms with Crippen molar-refractivity contribution in [1.82, 2.24) is 0 Å². The van der Waals surface area contributed by atoms with Crippen LogP contribution in [0, 0.1) is 16.7 Å². The van der Waals surface area contributed by atoms with E-state index in [1.54, 1.807) is 0 Å². The minimum Gasteiger partial charge on any atom is -0.322 e. The summed E-state index contributed by atoms with van der Waals surface area (Å²) in [7, 11) is 0. The molecule has 0 atom stereocenters. The maximum Gasteiger partial charge on any atom is 0.244 e. The standard InChI is InChI=1S/C15H15Cl3N2O/c16-10-7-11(17)13(12(18)8-10)20-14(21)15(9-19)5-3-1-2-4-6-15/h7-8H,1-6H2,(H,20,21). The van der Waals surface area contributed by atoms with Gasteiger partial charge >= 0.3 is 0 Å². The van der Waals surface area contributed by atoms with Gasteiger partial charge in [0, 0.05) is 5.02 Å². The topological polar surface area (TPSA) is 52.9 Å². The maximum absolute atomic E-state index is 12.6. The molecule has 1 amide bonds. The zero-order valence-electron chi connectivity index (χ0n) is 11.4. The predicted octanol–water partition coefficient (Wildman–Crippen LogP) is 5.45. The molecule has 2 rings (SSSR count). The molecule has 6 heteroatoms. The van der Waals surface area contributed by atoms with E-state index in [2.05, 4.69) is 11.4 Å². The van der Waals surface area contributed by atoms with Gasteiger partial charge in [0.1, 0.15) is 5.41 Å². The van der Waals surface area contributed by atoms with Gasteiger partial charge < -0.3 is 5.32 Å². The first-order valence-electron chi connectivity index (χ1n) is 6.86. The lowest BCUT2D eigenvalue weighted by Crippen LogP contribution is -2.34. The smallest absolute Gasteiger partial charge is 0.244 e. The minimum atomic E-state index is -0.997. The first-order chi connectivity index (χ1) is 9.98. The Morgan fingerprint density at radius 1 is 1.10 bits per heavy atom. The number of hydrogen-bond acceptors (Lipinski definition) is 2. The third-order valence-electron chi connectivity index (χ3n) is 3.85. The van der Waals surface area contributed by atoms with Crippen molar-refractivity contribution in [2.45, 2.75) is 38.5 Å². The number of benzene rings is 1. The summed E-state index contributed by atoms with van der Waals surface area (Å²) in [6, 6.07) is 5.22. The molecule has 0 saturated heterocycles. The van der Waals surface area contributed by atoms with Crippen LogP contribution in [0.4, 0.5) is 5.69 Å². The highest BCUT2D eigenvalue weighted by Gasteiger charge is 2.39. The van der Waals surface area contributed by atoms with E-state index < -0.39 is 5.41 Å². The monoisotopic (exact) mass is 344 g/mol. The van der Waals surface area contributed by atoms with Gasteiger partial charge in [0.2, 0.25) is 5.91 Å². The van der Waals surface area contributed by atoms with Crippen molar-refractivity contribution < 1.29 is 4.79 Å². The molecular formula is C15H15Cl3N2O. The van der Waals surface area contributed by atoms with Gasteiger partial charge in [-0.2, -0.15) is 5.26 Å². The van der Waals surface area contributed by atoms with Crippen molar-refractivity contribution in [3.8, 4) is 6.07 Å². The molecular weight excluding hydrogens is 331 g/mol. The number of hydrogen-bond donors (Lipinski definition) is 1. The molecule has 21 heavy (non-hydrogen) atoms. The molecule has 0 bridgehead atoms. The Bertz CT molecular complexity index is 564. The molecule has 0 spiro atoms. The van der Waals surface area contributed by atoms with Crippen LogP contribution in [0.15, 0.2) is 12.1 Å². The summed E-state index contributed by atoms with van der Waals surface area (Å²) >= 11 is 18.0. The fourth-order valence-electron chi connectivity index (χ4n) is 2.62. The molecule has 3 nitrogen and oxygen atoms in total. The van der Waals surface area contributed by atoms with Crippen LogP contribution in [0.1, 0.15) is 38.5 Å². The lowest BCUT2D eigenvalue weighted by atomic mass is 9.81. The normalized spacial score (nSPS) is 17.6. The number of carbonyl (C=O) groups excluding carboxylic acids is 1.